The molecule has 0 saturated heterocycles. The second-order valence-corrected chi connectivity index (χ2v) is 5.57. The minimum atomic E-state index is -0.563. The number of benzene rings is 1. The largest absolute Gasteiger partial charge is 0.481 e. The molecule has 4 nitrogen and oxygen atoms in total. The summed E-state index contributed by atoms with van der Waals surface area (Å²) in [6.07, 6.45) is 1.16. The SMILES string of the molecule is Cc1ccc(O[C@@H](C)C(=O)Nc2ncc(C)s2)cc1. The normalized spacial score (nSPS) is 11.9. The van der Waals surface area contributed by atoms with Gasteiger partial charge in [0.05, 0.1) is 0 Å². The highest BCUT2D eigenvalue weighted by atomic mass is 32.1. The molecule has 0 aliphatic rings. The van der Waals surface area contributed by atoms with Gasteiger partial charge < -0.3 is 4.74 Å². The van der Waals surface area contributed by atoms with Crippen LogP contribution in [0.15, 0.2) is 30.5 Å². The lowest BCUT2D eigenvalue weighted by atomic mass is 10.2. The summed E-state index contributed by atoms with van der Waals surface area (Å²) >= 11 is 1.44. The van der Waals surface area contributed by atoms with Gasteiger partial charge in [0, 0.05) is 11.1 Å². The summed E-state index contributed by atoms with van der Waals surface area (Å²) in [6.45, 7) is 5.67. The number of nitrogens with one attached hydrogen (secondary N) is 1. The predicted octanol–water partition coefficient (Wildman–Crippen LogP) is 3.17. The molecule has 19 heavy (non-hydrogen) atoms. The van der Waals surface area contributed by atoms with E-state index in [9.17, 15) is 4.79 Å². The van der Waals surface area contributed by atoms with Gasteiger partial charge in [-0.2, -0.15) is 0 Å². The molecule has 1 amide bonds. The summed E-state index contributed by atoms with van der Waals surface area (Å²) < 4.78 is 5.57. The van der Waals surface area contributed by atoms with Crippen LogP contribution in [0.25, 0.3) is 0 Å². The molecule has 0 spiro atoms. The van der Waals surface area contributed by atoms with Crippen LogP contribution in [0.1, 0.15) is 17.4 Å². The molecule has 1 heterocycles. The third-order valence-corrected chi connectivity index (χ3v) is 3.38. The number of carbonyl (C=O) groups excluding carboxylic acids is 1. The Balaban J connectivity index is 1.94. The molecule has 1 atom stereocenters. The molecule has 1 N–H and O–H groups in total. The highest BCUT2D eigenvalue weighted by molar-refractivity contribution is 7.15. The van der Waals surface area contributed by atoms with E-state index in [-0.39, 0.29) is 5.91 Å². The van der Waals surface area contributed by atoms with Crippen molar-refractivity contribution in [1.82, 2.24) is 4.98 Å². The zero-order chi connectivity index (χ0) is 13.8. The molecule has 5 heteroatoms. The summed E-state index contributed by atoms with van der Waals surface area (Å²) in [5.74, 6) is 0.485. The zero-order valence-corrected chi connectivity index (χ0v) is 12.0. The van der Waals surface area contributed by atoms with E-state index in [2.05, 4.69) is 10.3 Å². The molecule has 1 aromatic heterocycles. The van der Waals surface area contributed by atoms with E-state index in [1.807, 2.05) is 38.1 Å². The van der Waals surface area contributed by atoms with Crippen molar-refractivity contribution < 1.29 is 9.53 Å². The van der Waals surface area contributed by atoms with Gasteiger partial charge in [0.2, 0.25) is 0 Å². The van der Waals surface area contributed by atoms with Crippen LogP contribution in [0, 0.1) is 13.8 Å². The molecular weight excluding hydrogens is 260 g/mol. The lowest BCUT2D eigenvalue weighted by molar-refractivity contribution is -0.122. The number of aryl methyl sites for hydroxylation is 2. The van der Waals surface area contributed by atoms with Gasteiger partial charge in [-0.05, 0) is 32.9 Å². The van der Waals surface area contributed by atoms with Gasteiger partial charge in [-0.1, -0.05) is 17.7 Å². The number of ether oxygens (including phenoxy) is 1. The summed E-state index contributed by atoms with van der Waals surface area (Å²) in [7, 11) is 0. The van der Waals surface area contributed by atoms with Gasteiger partial charge in [-0.25, -0.2) is 4.98 Å². The first-order chi connectivity index (χ1) is 9.04. The van der Waals surface area contributed by atoms with Gasteiger partial charge in [0.25, 0.3) is 5.91 Å². The van der Waals surface area contributed by atoms with Gasteiger partial charge in [-0.15, -0.1) is 11.3 Å². The van der Waals surface area contributed by atoms with Crippen molar-refractivity contribution in [2.24, 2.45) is 0 Å². The van der Waals surface area contributed by atoms with Gasteiger partial charge in [-0.3, -0.25) is 10.1 Å². The third-order valence-electron chi connectivity index (χ3n) is 2.55. The van der Waals surface area contributed by atoms with Crippen molar-refractivity contribution >= 4 is 22.4 Å². The smallest absolute Gasteiger partial charge is 0.266 e. The van der Waals surface area contributed by atoms with Crippen molar-refractivity contribution in [1.29, 1.82) is 0 Å². The Bertz CT molecular complexity index is 563. The average molecular weight is 276 g/mol. The summed E-state index contributed by atoms with van der Waals surface area (Å²) in [6, 6.07) is 7.60. The maximum Gasteiger partial charge on any atom is 0.266 e. The van der Waals surface area contributed by atoms with Crippen LogP contribution >= 0.6 is 11.3 Å². The van der Waals surface area contributed by atoms with Crippen molar-refractivity contribution in [2.75, 3.05) is 5.32 Å². The molecule has 0 saturated carbocycles. The maximum absolute atomic E-state index is 11.9. The van der Waals surface area contributed by atoms with E-state index < -0.39 is 6.10 Å². The number of thiazole rings is 1. The molecule has 0 aliphatic carbocycles. The number of hydrogen-bond acceptors (Lipinski definition) is 4. The van der Waals surface area contributed by atoms with Gasteiger partial charge >= 0.3 is 0 Å². The molecule has 2 rings (SSSR count). The van der Waals surface area contributed by atoms with Crippen molar-refractivity contribution in [3.63, 3.8) is 0 Å². The minimum absolute atomic E-state index is 0.199. The fourth-order valence-corrected chi connectivity index (χ4v) is 2.16. The van der Waals surface area contributed by atoms with Crippen LogP contribution in [0.2, 0.25) is 0 Å². The quantitative estimate of drug-likeness (QED) is 0.933. The highest BCUT2D eigenvalue weighted by Gasteiger charge is 2.16. The molecule has 1 aromatic carbocycles. The fraction of sp³-hybridized carbons (Fsp3) is 0.286. The number of hydrogen-bond donors (Lipinski definition) is 1. The van der Waals surface area contributed by atoms with E-state index in [0.717, 1.165) is 10.4 Å². The number of aromatic nitrogens is 1. The Kier molecular flexibility index (Phi) is 4.16. The van der Waals surface area contributed by atoms with E-state index in [4.69, 9.17) is 4.74 Å². The minimum Gasteiger partial charge on any atom is -0.481 e. The van der Waals surface area contributed by atoms with Crippen LogP contribution in [-0.4, -0.2) is 17.0 Å². The molecule has 2 aromatic rings. The topological polar surface area (TPSA) is 51.2 Å². The van der Waals surface area contributed by atoms with E-state index in [1.54, 1.807) is 13.1 Å². The molecule has 0 bridgehead atoms. The van der Waals surface area contributed by atoms with E-state index in [1.165, 1.54) is 11.3 Å². The van der Waals surface area contributed by atoms with Crippen LogP contribution in [0.3, 0.4) is 0 Å². The molecule has 0 fully saturated rings. The van der Waals surface area contributed by atoms with Gasteiger partial charge in [0.1, 0.15) is 5.75 Å². The number of anilines is 1. The Morgan fingerprint density at radius 1 is 1.32 bits per heavy atom. The Morgan fingerprint density at radius 2 is 2.00 bits per heavy atom. The summed E-state index contributed by atoms with van der Waals surface area (Å²) in [5, 5.41) is 3.34. The Labute approximate surface area is 116 Å². The zero-order valence-electron chi connectivity index (χ0n) is 11.1. The monoisotopic (exact) mass is 276 g/mol. The highest BCUT2D eigenvalue weighted by Crippen LogP contribution is 2.18. The lowest BCUT2D eigenvalue weighted by Crippen LogP contribution is -2.30. The second-order valence-electron chi connectivity index (χ2n) is 4.34. The number of carbonyl (C=O) groups is 1. The molecule has 0 unspecified atom stereocenters. The van der Waals surface area contributed by atoms with Gasteiger partial charge in [0.15, 0.2) is 11.2 Å². The third kappa shape index (κ3) is 3.79. The summed E-state index contributed by atoms with van der Waals surface area (Å²) in [4.78, 5) is 17.1. The molecule has 0 aliphatic heterocycles. The van der Waals surface area contributed by atoms with Crippen LogP contribution in [0.4, 0.5) is 5.13 Å². The first-order valence-electron chi connectivity index (χ1n) is 6.01. The first kappa shape index (κ1) is 13.5. The maximum atomic E-state index is 11.9. The molecule has 100 valence electrons. The van der Waals surface area contributed by atoms with Crippen molar-refractivity contribution in [2.45, 2.75) is 26.9 Å². The van der Waals surface area contributed by atoms with Crippen LogP contribution < -0.4 is 10.1 Å². The summed E-state index contributed by atoms with van der Waals surface area (Å²) in [5.41, 5.74) is 1.16. The molecular formula is C14H16N2O2S. The van der Waals surface area contributed by atoms with E-state index >= 15 is 0 Å². The number of rotatable bonds is 4. The van der Waals surface area contributed by atoms with E-state index in [0.29, 0.717) is 10.9 Å². The number of amides is 1. The second kappa shape index (κ2) is 5.84. The fourth-order valence-electron chi connectivity index (χ4n) is 1.49. The molecule has 0 radical (unpaired) electrons. The lowest BCUT2D eigenvalue weighted by Gasteiger charge is -2.13. The van der Waals surface area contributed by atoms with Crippen LogP contribution in [0.5, 0.6) is 5.75 Å². The van der Waals surface area contributed by atoms with Crippen molar-refractivity contribution in [3.05, 3.63) is 40.9 Å². The predicted molar refractivity (Wildman–Crippen MR) is 76.7 cm³/mol. The standard InChI is InChI=1S/C14H16N2O2S/c1-9-4-6-12(7-5-9)18-11(3)13(17)16-14-15-8-10(2)19-14/h4-8,11H,1-3H3,(H,15,16,17)/t11-/m0/s1. The first-order valence-corrected chi connectivity index (χ1v) is 6.83. The Morgan fingerprint density at radius 3 is 2.58 bits per heavy atom. The number of nitrogens with zero attached hydrogens (tertiary/aromatic N) is 1. The van der Waals surface area contributed by atoms with Crippen molar-refractivity contribution in [3.8, 4) is 5.75 Å². The Hall–Kier alpha value is -1.88. The average Bonchev–Trinajstić information content (AvgIpc) is 2.77. The van der Waals surface area contributed by atoms with Crippen LogP contribution in [-0.2, 0) is 4.79 Å².